The number of amides is 1. The topological polar surface area (TPSA) is 29.1 Å². The summed E-state index contributed by atoms with van der Waals surface area (Å²) in [4.78, 5) is 11.1. The van der Waals surface area contributed by atoms with Crippen LogP contribution >= 0.6 is 0 Å². The van der Waals surface area contributed by atoms with Crippen molar-refractivity contribution in [1.82, 2.24) is 5.32 Å². The van der Waals surface area contributed by atoms with Crippen molar-refractivity contribution in [1.29, 1.82) is 0 Å². The molecular formula is C11H13F4NO. The molecule has 0 spiro atoms. The molecule has 17 heavy (non-hydrogen) atoms. The molecule has 0 unspecified atom stereocenters. The van der Waals surface area contributed by atoms with Crippen LogP contribution in [0.25, 0.3) is 0 Å². The zero-order valence-corrected chi connectivity index (χ0v) is 9.65. The second kappa shape index (κ2) is 6.22. The molecule has 0 aliphatic carbocycles. The zero-order valence-electron chi connectivity index (χ0n) is 9.65. The van der Waals surface area contributed by atoms with Gasteiger partial charge in [0.25, 0.3) is 5.91 Å². The van der Waals surface area contributed by atoms with Gasteiger partial charge in [-0.3, -0.25) is 4.79 Å². The van der Waals surface area contributed by atoms with Crippen LogP contribution in [-0.4, -0.2) is 13.0 Å². The van der Waals surface area contributed by atoms with Crippen LogP contribution in [0.15, 0.2) is 18.2 Å². The molecule has 0 aliphatic heterocycles. The third kappa shape index (κ3) is 3.72. The minimum Gasteiger partial charge on any atom is -0.355 e. The maximum absolute atomic E-state index is 13.1. The highest BCUT2D eigenvalue weighted by Gasteiger charge is 2.36. The Morgan fingerprint density at radius 1 is 1.24 bits per heavy atom. The van der Waals surface area contributed by atoms with E-state index in [0.717, 1.165) is 19.2 Å². The van der Waals surface area contributed by atoms with Gasteiger partial charge in [0.15, 0.2) is 0 Å². The largest absolute Gasteiger partial charge is 0.417 e. The number of hydrogen-bond donors (Lipinski definition) is 1. The lowest BCUT2D eigenvalue weighted by molar-refractivity contribution is -0.138. The SMILES string of the molecule is CC.CNC(=O)c1c(F)cccc1C(F)(F)F. The van der Waals surface area contributed by atoms with E-state index in [1.165, 1.54) is 0 Å². The van der Waals surface area contributed by atoms with E-state index < -0.39 is 29.0 Å². The summed E-state index contributed by atoms with van der Waals surface area (Å²) in [5.74, 6) is -2.29. The maximum atomic E-state index is 13.1. The quantitative estimate of drug-likeness (QED) is 0.763. The van der Waals surface area contributed by atoms with E-state index in [0.29, 0.717) is 6.07 Å². The maximum Gasteiger partial charge on any atom is 0.417 e. The number of carbonyl (C=O) groups excluding carboxylic acids is 1. The monoisotopic (exact) mass is 251 g/mol. The first kappa shape index (κ1) is 15.4. The Morgan fingerprint density at radius 3 is 2.18 bits per heavy atom. The highest BCUT2D eigenvalue weighted by Crippen LogP contribution is 2.32. The van der Waals surface area contributed by atoms with Crippen LogP contribution in [0.2, 0.25) is 0 Å². The Kier molecular flexibility index (Phi) is 5.64. The number of alkyl halides is 3. The molecular weight excluding hydrogens is 238 g/mol. The predicted molar refractivity (Wildman–Crippen MR) is 56.1 cm³/mol. The van der Waals surface area contributed by atoms with E-state index in [4.69, 9.17) is 0 Å². The molecule has 0 fully saturated rings. The first-order chi connectivity index (χ1) is 7.88. The van der Waals surface area contributed by atoms with Crippen molar-refractivity contribution >= 4 is 5.91 Å². The lowest BCUT2D eigenvalue weighted by atomic mass is 10.1. The van der Waals surface area contributed by atoms with E-state index >= 15 is 0 Å². The minimum absolute atomic E-state index is 0.660. The standard InChI is InChI=1S/C9H7F4NO.C2H6/c1-14-8(15)7-5(9(11,12)13)3-2-4-6(7)10;1-2/h2-4H,1H3,(H,14,15);1-2H3. The van der Waals surface area contributed by atoms with Crippen LogP contribution in [0.5, 0.6) is 0 Å². The van der Waals surface area contributed by atoms with Crippen molar-refractivity contribution in [2.75, 3.05) is 7.05 Å². The average Bonchev–Trinajstić information content (AvgIpc) is 2.29. The zero-order chi connectivity index (χ0) is 13.6. The van der Waals surface area contributed by atoms with Gasteiger partial charge in [-0.05, 0) is 12.1 Å². The molecule has 0 aromatic heterocycles. The fraction of sp³-hybridized carbons (Fsp3) is 0.364. The van der Waals surface area contributed by atoms with Gasteiger partial charge in [-0.2, -0.15) is 13.2 Å². The highest BCUT2D eigenvalue weighted by atomic mass is 19.4. The van der Waals surface area contributed by atoms with E-state index in [1.807, 2.05) is 19.2 Å². The first-order valence-corrected chi connectivity index (χ1v) is 4.95. The van der Waals surface area contributed by atoms with Crippen LogP contribution in [0.1, 0.15) is 29.8 Å². The molecule has 1 aromatic rings. The van der Waals surface area contributed by atoms with Gasteiger partial charge in [-0.25, -0.2) is 4.39 Å². The minimum atomic E-state index is -4.75. The predicted octanol–water partition coefficient (Wildman–Crippen LogP) is 3.23. The molecule has 0 saturated carbocycles. The Labute approximate surface area is 96.6 Å². The number of benzene rings is 1. The van der Waals surface area contributed by atoms with Crippen molar-refractivity contribution in [2.24, 2.45) is 0 Å². The summed E-state index contributed by atoms with van der Waals surface area (Å²) in [7, 11) is 1.13. The molecule has 0 radical (unpaired) electrons. The normalized spacial score (nSPS) is 10.3. The van der Waals surface area contributed by atoms with Gasteiger partial charge >= 0.3 is 6.18 Å². The molecule has 0 heterocycles. The number of rotatable bonds is 1. The lowest BCUT2D eigenvalue weighted by Gasteiger charge is -2.11. The van der Waals surface area contributed by atoms with E-state index in [1.54, 1.807) is 0 Å². The fourth-order valence-corrected chi connectivity index (χ4v) is 1.12. The second-order valence-electron chi connectivity index (χ2n) is 2.74. The van der Waals surface area contributed by atoms with Crippen molar-refractivity contribution < 1.29 is 22.4 Å². The Morgan fingerprint density at radius 2 is 1.76 bits per heavy atom. The molecule has 6 heteroatoms. The van der Waals surface area contributed by atoms with Gasteiger partial charge < -0.3 is 5.32 Å². The van der Waals surface area contributed by atoms with E-state index in [2.05, 4.69) is 0 Å². The summed E-state index contributed by atoms with van der Waals surface area (Å²) in [6.45, 7) is 4.00. The van der Waals surface area contributed by atoms with Gasteiger partial charge in [-0.15, -0.1) is 0 Å². The van der Waals surface area contributed by atoms with Crippen molar-refractivity contribution in [3.05, 3.63) is 35.1 Å². The lowest BCUT2D eigenvalue weighted by Crippen LogP contribution is -2.24. The summed E-state index contributed by atoms with van der Waals surface area (Å²) in [5, 5.41) is 1.96. The first-order valence-electron chi connectivity index (χ1n) is 4.95. The number of nitrogens with one attached hydrogen (secondary N) is 1. The highest BCUT2D eigenvalue weighted by molar-refractivity contribution is 5.95. The molecule has 0 aliphatic rings. The van der Waals surface area contributed by atoms with Gasteiger partial charge in [0.05, 0.1) is 11.1 Å². The summed E-state index contributed by atoms with van der Waals surface area (Å²) in [6.07, 6.45) is -4.75. The van der Waals surface area contributed by atoms with Crippen LogP contribution < -0.4 is 5.32 Å². The van der Waals surface area contributed by atoms with Crippen molar-refractivity contribution in [3.8, 4) is 0 Å². The molecule has 96 valence electrons. The Balaban J connectivity index is 0.00000121. The smallest absolute Gasteiger partial charge is 0.355 e. The van der Waals surface area contributed by atoms with Crippen molar-refractivity contribution in [2.45, 2.75) is 20.0 Å². The summed E-state index contributed by atoms with van der Waals surface area (Å²) in [6, 6.07) is 2.37. The van der Waals surface area contributed by atoms with Crippen molar-refractivity contribution in [3.63, 3.8) is 0 Å². The fourth-order valence-electron chi connectivity index (χ4n) is 1.12. The second-order valence-corrected chi connectivity index (χ2v) is 2.74. The Hall–Kier alpha value is -1.59. The molecule has 0 atom stereocenters. The molecule has 0 saturated heterocycles. The molecule has 1 amide bonds. The van der Waals surface area contributed by atoms with E-state index in [9.17, 15) is 22.4 Å². The molecule has 1 aromatic carbocycles. The third-order valence-electron chi connectivity index (χ3n) is 1.77. The number of halogens is 4. The number of hydrogen-bond acceptors (Lipinski definition) is 1. The summed E-state index contributed by atoms with van der Waals surface area (Å²) < 4.78 is 50.2. The van der Waals surface area contributed by atoms with Crippen LogP contribution in [-0.2, 0) is 6.18 Å². The van der Waals surface area contributed by atoms with Crippen LogP contribution in [0.4, 0.5) is 17.6 Å². The molecule has 0 bridgehead atoms. The van der Waals surface area contributed by atoms with Gasteiger partial charge in [0, 0.05) is 7.05 Å². The van der Waals surface area contributed by atoms with E-state index in [-0.39, 0.29) is 0 Å². The molecule has 1 N–H and O–H groups in total. The summed E-state index contributed by atoms with van der Waals surface area (Å²) >= 11 is 0. The Bertz CT molecular complexity index is 388. The van der Waals surface area contributed by atoms with Crippen LogP contribution in [0, 0.1) is 5.82 Å². The van der Waals surface area contributed by atoms with Gasteiger partial charge in [0.2, 0.25) is 0 Å². The van der Waals surface area contributed by atoms with Gasteiger partial charge in [0.1, 0.15) is 5.82 Å². The van der Waals surface area contributed by atoms with Gasteiger partial charge in [-0.1, -0.05) is 19.9 Å². The average molecular weight is 251 g/mol. The number of carbonyl (C=O) groups is 1. The molecule has 2 nitrogen and oxygen atoms in total. The third-order valence-corrected chi connectivity index (χ3v) is 1.77. The van der Waals surface area contributed by atoms with Crippen LogP contribution in [0.3, 0.4) is 0 Å². The molecule has 1 rings (SSSR count). The summed E-state index contributed by atoms with van der Waals surface area (Å²) in [5.41, 5.74) is -2.26.